The molecular weight excluding hydrogens is 430 g/mol. The van der Waals surface area contributed by atoms with Crippen molar-refractivity contribution in [2.24, 2.45) is 0 Å². The molecule has 3 aromatic rings. The molecule has 1 amide bonds. The van der Waals surface area contributed by atoms with Crippen LogP contribution < -0.4 is 18.9 Å². The number of amides is 1. The van der Waals surface area contributed by atoms with Gasteiger partial charge in [0, 0.05) is 19.5 Å². The molecule has 1 atom stereocenters. The van der Waals surface area contributed by atoms with Gasteiger partial charge in [0.15, 0.2) is 23.0 Å². The third kappa shape index (κ3) is 4.96. The minimum Gasteiger partial charge on any atom is -0.454 e. The summed E-state index contributed by atoms with van der Waals surface area (Å²) in [6.45, 7) is 3.62. The van der Waals surface area contributed by atoms with Crippen LogP contribution in [-0.4, -0.2) is 30.9 Å². The van der Waals surface area contributed by atoms with Gasteiger partial charge < -0.3 is 23.8 Å². The zero-order valence-electron chi connectivity index (χ0n) is 19.4. The molecule has 0 unspecified atom stereocenters. The summed E-state index contributed by atoms with van der Waals surface area (Å²) in [7, 11) is 0. The van der Waals surface area contributed by atoms with E-state index >= 15 is 0 Å². The summed E-state index contributed by atoms with van der Waals surface area (Å²) in [6.07, 6.45) is 2.20. The van der Waals surface area contributed by atoms with Crippen molar-refractivity contribution in [3.63, 3.8) is 0 Å². The topological polar surface area (TPSA) is 57.2 Å². The van der Waals surface area contributed by atoms with E-state index in [0.29, 0.717) is 19.5 Å². The first kappa shape index (κ1) is 22.1. The molecule has 6 nitrogen and oxygen atoms in total. The number of carbonyl (C=O) groups is 1. The number of ether oxygens (including phenoxy) is 4. The monoisotopic (exact) mass is 459 g/mol. The molecule has 0 saturated heterocycles. The van der Waals surface area contributed by atoms with E-state index in [4.69, 9.17) is 18.9 Å². The predicted molar refractivity (Wildman–Crippen MR) is 128 cm³/mol. The smallest absolute Gasteiger partial charge is 0.231 e. The van der Waals surface area contributed by atoms with Crippen molar-refractivity contribution in [3.05, 3.63) is 83.4 Å². The number of rotatable bonds is 9. The minimum atomic E-state index is 0.141. The number of nitrogens with zero attached hydrogens (tertiary/aromatic N) is 1. The molecule has 0 spiro atoms. The molecule has 2 heterocycles. The van der Waals surface area contributed by atoms with Gasteiger partial charge in [-0.1, -0.05) is 49.4 Å². The van der Waals surface area contributed by atoms with Crippen molar-refractivity contribution < 1.29 is 23.7 Å². The Morgan fingerprint density at radius 2 is 1.50 bits per heavy atom. The fourth-order valence-corrected chi connectivity index (χ4v) is 4.54. The maximum atomic E-state index is 12.8. The predicted octanol–water partition coefficient (Wildman–Crippen LogP) is 5.30. The van der Waals surface area contributed by atoms with Crippen LogP contribution in [0.25, 0.3) is 0 Å². The van der Waals surface area contributed by atoms with Gasteiger partial charge >= 0.3 is 0 Å². The fraction of sp³-hybridized carbons (Fsp3) is 0.321. The minimum absolute atomic E-state index is 0.141. The molecule has 176 valence electrons. The molecule has 0 aliphatic carbocycles. The van der Waals surface area contributed by atoms with Crippen LogP contribution in [0.1, 0.15) is 42.4 Å². The van der Waals surface area contributed by atoms with Crippen LogP contribution in [0.2, 0.25) is 0 Å². The first-order chi connectivity index (χ1) is 16.7. The molecule has 5 rings (SSSR count). The zero-order valence-corrected chi connectivity index (χ0v) is 19.4. The lowest BCUT2D eigenvalue weighted by Crippen LogP contribution is -2.32. The second-order valence-corrected chi connectivity index (χ2v) is 8.64. The quantitative estimate of drug-likeness (QED) is 0.435. The molecule has 0 saturated carbocycles. The summed E-state index contributed by atoms with van der Waals surface area (Å²) in [5.41, 5.74) is 3.50. The van der Waals surface area contributed by atoms with E-state index in [2.05, 4.69) is 36.4 Å². The lowest BCUT2D eigenvalue weighted by Gasteiger charge is -2.26. The van der Waals surface area contributed by atoms with E-state index < -0.39 is 0 Å². The van der Waals surface area contributed by atoms with Crippen LogP contribution in [0, 0.1) is 0 Å². The normalized spacial score (nSPS) is 14.1. The van der Waals surface area contributed by atoms with Crippen molar-refractivity contribution in [2.45, 2.75) is 38.6 Å². The number of hydrogen-bond acceptors (Lipinski definition) is 5. The molecule has 0 radical (unpaired) electrons. The average molecular weight is 460 g/mol. The van der Waals surface area contributed by atoms with Gasteiger partial charge in [-0.15, -0.1) is 0 Å². The Bertz CT molecular complexity index is 1150. The van der Waals surface area contributed by atoms with Crippen LogP contribution in [0.15, 0.2) is 66.7 Å². The van der Waals surface area contributed by atoms with Crippen molar-refractivity contribution in [2.75, 3.05) is 20.1 Å². The van der Waals surface area contributed by atoms with Crippen LogP contribution in [-0.2, 0) is 17.8 Å². The Balaban J connectivity index is 1.34. The lowest BCUT2D eigenvalue weighted by molar-refractivity contribution is -0.131. The van der Waals surface area contributed by atoms with E-state index in [0.717, 1.165) is 41.4 Å². The highest BCUT2D eigenvalue weighted by Gasteiger charge is 2.22. The van der Waals surface area contributed by atoms with Crippen molar-refractivity contribution in [1.29, 1.82) is 0 Å². The van der Waals surface area contributed by atoms with Crippen LogP contribution in [0.5, 0.6) is 23.0 Å². The maximum Gasteiger partial charge on any atom is 0.231 e. The van der Waals surface area contributed by atoms with E-state index in [-0.39, 0.29) is 25.4 Å². The summed E-state index contributed by atoms with van der Waals surface area (Å²) in [6, 6.07) is 22.5. The summed E-state index contributed by atoms with van der Waals surface area (Å²) < 4.78 is 22.1. The largest absolute Gasteiger partial charge is 0.454 e. The van der Waals surface area contributed by atoms with E-state index in [9.17, 15) is 4.79 Å². The molecule has 0 fully saturated rings. The van der Waals surface area contributed by atoms with Crippen molar-refractivity contribution in [3.8, 4) is 23.0 Å². The average Bonchev–Trinajstić information content (AvgIpc) is 3.54. The van der Waals surface area contributed by atoms with Crippen molar-refractivity contribution >= 4 is 5.91 Å². The highest BCUT2D eigenvalue weighted by atomic mass is 16.7. The number of hydrogen-bond donors (Lipinski definition) is 0. The van der Waals surface area contributed by atoms with Crippen LogP contribution in [0.3, 0.4) is 0 Å². The Morgan fingerprint density at radius 3 is 2.24 bits per heavy atom. The first-order valence-corrected chi connectivity index (χ1v) is 11.8. The second kappa shape index (κ2) is 10.1. The number of benzene rings is 3. The van der Waals surface area contributed by atoms with Crippen LogP contribution >= 0.6 is 0 Å². The van der Waals surface area contributed by atoms with Crippen molar-refractivity contribution in [1.82, 2.24) is 4.90 Å². The SMILES string of the molecule is CCC(=O)N(CC[C@@H](Cc1ccccc1)c1ccc2c(c1)OCO2)Cc1ccc2c(c1)OCO2. The summed E-state index contributed by atoms with van der Waals surface area (Å²) in [4.78, 5) is 14.8. The Hall–Kier alpha value is -3.67. The Kier molecular flexibility index (Phi) is 6.56. The fourth-order valence-electron chi connectivity index (χ4n) is 4.54. The molecule has 0 N–H and O–H groups in total. The zero-order chi connectivity index (χ0) is 23.3. The summed E-state index contributed by atoms with van der Waals surface area (Å²) in [5, 5.41) is 0. The molecule has 0 aromatic heterocycles. The lowest BCUT2D eigenvalue weighted by atomic mass is 9.88. The van der Waals surface area contributed by atoms with Gasteiger partial charge in [0.05, 0.1) is 0 Å². The van der Waals surface area contributed by atoms with Gasteiger partial charge in [-0.2, -0.15) is 0 Å². The number of fused-ring (bicyclic) bond motifs is 2. The van der Waals surface area contributed by atoms with Gasteiger partial charge in [0.2, 0.25) is 19.5 Å². The van der Waals surface area contributed by atoms with Gasteiger partial charge in [0.25, 0.3) is 0 Å². The summed E-state index contributed by atoms with van der Waals surface area (Å²) >= 11 is 0. The Labute approximate surface area is 200 Å². The molecule has 34 heavy (non-hydrogen) atoms. The van der Waals surface area contributed by atoms with Gasteiger partial charge in [0.1, 0.15) is 0 Å². The molecule has 2 aliphatic rings. The second-order valence-electron chi connectivity index (χ2n) is 8.64. The molecular formula is C28H29NO5. The molecule has 6 heteroatoms. The van der Waals surface area contributed by atoms with Gasteiger partial charge in [-0.25, -0.2) is 0 Å². The third-order valence-electron chi connectivity index (χ3n) is 6.41. The molecule has 3 aromatic carbocycles. The standard InChI is InChI=1S/C28H29NO5/c1-2-28(30)29(17-21-8-10-24-26(15-21)33-18-31-24)13-12-23(14-20-6-4-3-5-7-20)22-9-11-25-27(16-22)34-19-32-25/h3-11,15-16,23H,2,12-14,17-19H2,1H3/t23-/m0/s1. The first-order valence-electron chi connectivity index (χ1n) is 11.8. The molecule has 2 aliphatic heterocycles. The van der Waals surface area contributed by atoms with Crippen LogP contribution in [0.4, 0.5) is 0 Å². The summed E-state index contributed by atoms with van der Waals surface area (Å²) in [5.74, 6) is 3.44. The van der Waals surface area contributed by atoms with E-state index in [1.807, 2.05) is 42.2 Å². The maximum absolute atomic E-state index is 12.8. The highest BCUT2D eigenvalue weighted by Crippen LogP contribution is 2.37. The van der Waals surface area contributed by atoms with Gasteiger partial charge in [-0.05, 0) is 59.7 Å². The number of carbonyl (C=O) groups excluding carboxylic acids is 1. The van der Waals surface area contributed by atoms with E-state index in [1.165, 1.54) is 11.1 Å². The molecule has 0 bridgehead atoms. The Morgan fingerprint density at radius 1 is 0.824 bits per heavy atom. The third-order valence-corrected chi connectivity index (χ3v) is 6.41. The highest BCUT2D eigenvalue weighted by molar-refractivity contribution is 5.75. The van der Waals surface area contributed by atoms with E-state index in [1.54, 1.807) is 0 Å². The van der Waals surface area contributed by atoms with Gasteiger partial charge in [-0.3, -0.25) is 4.79 Å².